The van der Waals surface area contributed by atoms with E-state index in [2.05, 4.69) is 26.6 Å². The molecule has 0 saturated heterocycles. The van der Waals surface area contributed by atoms with Gasteiger partial charge in [0.15, 0.2) is 0 Å². The zero-order valence-electron chi connectivity index (χ0n) is 17.2. The van der Waals surface area contributed by atoms with Gasteiger partial charge in [-0.1, -0.05) is 0 Å². The molecular formula is C15H30N5O5Ta. The summed E-state index contributed by atoms with van der Waals surface area (Å²) in [6, 6.07) is 0. The molecule has 0 aromatic rings. The summed E-state index contributed by atoms with van der Waals surface area (Å²) in [5.74, 6) is -0.602. The van der Waals surface area contributed by atoms with Crippen molar-refractivity contribution in [2.24, 2.45) is 0 Å². The van der Waals surface area contributed by atoms with Crippen LogP contribution in [0.2, 0.25) is 0 Å². The molecule has 10 nitrogen and oxygen atoms in total. The largest absolute Gasteiger partial charge is 5.00 e. The van der Waals surface area contributed by atoms with Crippen LogP contribution in [0.3, 0.4) is 0 Å². The maximum Gasteiger partial charge on any atom is 5.00 e. The number of nitrogens with zero attached hydrogens (tertiary/aromatic N) is 5. The van der Waals surface area contributed by atoms with Crippen molar-refractivity contribution in [3.05, 3.63) is 26.6 Å². The molecule has 0 radical (unpaired) electrons. The van der Waals surface area contributed by atoms with Crippen LogP contribution in [-0.4, -0.2) is 64.8 Å². The van der Waals surface area contributed by atoms with Crippen LogP contribution in [0.5, 0.6) is 0 Å². The van der Waals surface area contributed by atoms with E-state index in [9.17, 15) is 24.0 Å². The molecule has 0 heterocycles. The Labute approximate surface area is 172 Å². The van der Waals surface area contributed by atoms with Crippen LogP contribution in [0, 0.1) is 0 Å². The predicted molar refractivity (Wildman–Crippen MR) is 99.8 cm³/mol. The molecule has 0 aliphatic carbocycles. The first-order valence-electron chi connectivity index (χ1n) is 6.87. The molecule has 0 saturated carbocycles. The Bertz CT molecular complexity index is 298. The Morgan fingerprint density at radius 1 is 0.385 bits per heavy atom. The summed E-state index contributed by atoms with van der Waals surface area (Å²) in [4.78, 5) is 48.2. The van der Waals surface area contributed by atoms with E-state index in [1.54, 1.807) is 0 Å². The SMILES string of the molecule is C[N-]C(C)=O.C[N-]C(C)=O.C[N-]C(C)=O.C[N-]C(C)=O.C[N-]C(C)=O.[Ta+5]. The smallest absolute Gasteiger partial charge is 0.656 e. The van der Waals surface area contributed by atoms with Crippen LogP contribution in [0.15, 0.2) is 0 Å². The van der Waals surface area contributed by atoms with Crippen molar-refractivity contribution in [1.29, 1.82) is 0 Å². The molecule has 0 spiro atoms. The summed E-state index contributed by atoms with van der Waals surface area (Å²) in [6.07, 6.45) is 0. The van der Waals surface area contributed by atoms with Gasteiger partial charge < -0.3 is 50.6 Å². The normalized spacial score (nSPS) is 6.54. The topological polar surface area (TPSA) is 156 Å². The monoisotopic (exact) mass is 541 g/mol. The number of hydrogen-bond donors (Lipinski definition) is 0. The van der Waals surface area contributed by atoms with Gasteiger partial charge in [0.2, 0.25) is 0 Å². The molecule has 0 aliphatic heterocycles. The fourth-order valence-electron chi connectivity index (χ4n) is 0. The molecule has 0 rings (SSSR count). The third-order valence-corrected chi connectivity index (χ3v) is 1.57. The van der Waals surface area contributed by atoms with Crippen molar-refractivity contribution in [3.63, 3.8) is 0 Å². The van der Waals surface area contributed by atoms with Crippen molar-refractivity contribution in [2.75, 3.05) is 35.2 Å². The Morgan fingerprint density at radius 2 is 0.423 bits per heavy atom. The van der Waals surface area contributed by atoms with Gasteiger partial charge in [-0.3, -0.25) is 0 Å². The standard InChI is InChI=1S/5C3H7NO.Ta/c5*1-3(5)4-2;/h5*1-2H3,(H,4,5);/q;;;;;+5/p-5. The van der Waals surface area contributed by atoms with Crippen LogP contribution in [-0.2, 0) is 46.4 Å². The van der Waals surface area contributed by atoms with Gasteiger partial charge in [-0.05, 0) is 34.6 Å². The van der Waals surface area contributed by atoms with Crippen molar-refractivity contribution in [2.45, 2.75) is 34.6 Å². The summed E-state index contributed by atoms with van der Waals surface area (Å²) in [6.45, 7) is 7.08. The van der Waals surface area contributed by atoms with Crippen LogP contribution in [0.4, 0.5) is 0 Å². The van der Waals surface area contributed by atoms with Gasteiger partial charge in [0.1, 0.15) is 0 Å². The molecule has 0 N–H and O–H groups in total. The van der Waals surface area contributed by atoms with E-state index in [-0.39, 0.29) is 51.9 Å². The fourth-order valence-corrected chi connectivity index (χ4v) is 0. The first-order chi connectivity index (χ1) is 11.4. The predicted octanol–water partition coefficient (Wildman–Crippen LogP) is 2.68. The average molecular weight is 541 g/mol. The van der Waals surface area contributed by atoms with Gasteiger partial charge in [-0.25, -0.2) is 0 Å². The summed E-state index contributed by atoms with van der Waals surface area (Å²) >= 11 is 0. The molecule has 0 unspecified atom stereocenters. The fraction of sp³-hybridized carbons (Fsp3) is 0.667. The molecule has 0 fully saturated rings. The van der Waals surface area contributed by atoms with Crippen LogP contribution >= 0.6 is 0 Å². The van der Waals surface area contributed by atoms with Gasteiger partial charge in [-0.2, -0.15) is 0 Å². The van der Waals surface area contributed by atoms with Crippen molar-refractivity contribution < 1.29 is 46.4 Å². The molecular weight excluding hydrogens is 511 g/mol. The minimum atomic E-state index is -0.120. The van der Waals surface area contributed by atoms with Gasteiger partial charge in [-0.15, -0.1) is 35.2 Å². The van der Waals surface area contributed by atoms with E-state index in [1.165, 1.54) is 69.9 Å². The summed E-state index contributed by atoms with van der Waals surface area (Å²) in [5.41, 5.74) is 0. The number of amides is 5. The van der Waals surface area contributed by atoms with E-state index < -0.39 is 0 Å². The quantitative estimate of drug-likeness (QED) is 0.461. The van der Waals surface area contributed by atoms with E-state index in [0.717, 1.165) is 0 Å². The number of hydrogen-bond acceptors (Lipinski definition) is 5. The molecule has 150 valence electrons. The minimum absolute atomic E-state index is 0. The molecule has 0 atom stereocenters. The maximum absolute atomic E-state index is 9.65. The van der Waals surface area contributed by atoms with E-state index >= 15 is 0 Å². The van der Waals surface area contributed by atoms with E-state index in [4.69, 9.17) is 0 Å². The maximum atomic E-state index is 9.65. The molecule has 0 aliphatic rings. The Morgan fingerprint density at radius 3 is 0.423 bits per heavy atom. The molecule has 11 heteroatoms. The van der Waals surface area contributed by atoms with Gasteiger partial charge >= 0.3 is 22.4 Å². The Balaban J connectivity index is -0.0000000476. The Kier molecular flexibility index (Phi) is 52.0. The van der Waals surface area contributed by atoms with Gasteiger partial charge in [0.05, 0.1) is 0 Å². The average Bonchev–Trinajstić information content (AvgIpc) is 2.56. The van der Waals surface area contributed by atoms with Crippen LogP contribution < -0.4 is 0 Å². The number of carbonyl (C=O) groups excluding carboxylic acids is 5. The van der Waals surface area contributed by atoms with Crippen molar-refractivity contribution in [3.8, 4) is 0 Å². The number of rotatable bonds is 0. The summed E-state index contributed by atoms with van der Waals surface area (Å²) < 4.78 is 0. The second-order valence-electron chi connectivity index (χ2n) is 3.71. The third-order valence-electron chi connectivity index (χ3n) is 1.57. The zero-order valence-corrected chi connectivity index (χ0v) is 20.4. The molecule has 26 heavy (non-hydrogen) atoms. The Hall–Kier alpha value is -1.91. The first kappa shape index (κ1) is 39.2. The first-order valence-corrected chi connectivity index (χ1v) is 6.87. The molecule has 5 amide bonds. The third kappa shape index (κ3) is 150. The van der Waals surface area contributed by atoms with E-state index in [0.29, 0.717) is 0 Å². The van der Waals surface area contributed by atoms with Gasteiger partial charge in [0, 0.05) is 29.5 Å². The minimum Gasteiger partial charge on any atom is -0.656 e. The molecule has 0 aromatic heterocycles. The molecule has 0 bridgehead atoms. The summed E-state index contributed by atoms with van der Waals surface area (Å²) in [7, 11) is 7.37. The van der Waals surface area contributed by atoms with E-state index in [1.807, 2.05) is 0 Å². The number of carbonyl (C=O) groups is 5. The summed E-state index contributed by atoms with van der Waals surface area (Å²) in [5, 5.41) is 16.2. The van der Waals surface area contributed by atoms with Crippen LogP contribution in [0.1, 0.15) is 34.6 Å². The second-order valence-corrected chi connectivity index (χ2v) is 3.71. The van der Waals surface area contributed by atoms with Gasteiger partial charge in [0.25, 0.3) is 0 Å². The van der Waals surface area contributed by atoms with Crippen molar-refractivity contribution in [1.82, 2.24) is 0 Å². The zero-order chi connectivity index (χ0) is 21.4. The molecule has 0 aromatic carbocycles. The second kappa shape index (κ2) is 34.4. The van der Waals surface area contributed by atoms with Crippen molar-refractivity contribution >= 4 is 29.5 Å². The van der Waals surface area contributed by atoms with Crippen LogP contribution in [0.25, 0.3) is 26.6 Å².